The summed E-state index contributed by atoms with van der Waals surface area (Å²) in [6, 6.07) is 20.7. The van der Waals surface area contributed by atoms with Gasteiger partial charge in [-0.05, 0) is 71.7 Å². The fourth-order valence-corrected chi connectivity index (χ4v) is 8.49. The number of hydroxylamine groups is 1. The van der Waals surface area contributed by atoms with Gasteiger partial charge in [0.1, 0.15) is 31.0 Å². The number of rotatable bonds is 24. The monoisotopic (exact) mass is 942 g/mol. The largest absolute Gasteiger partial charge is 0.491 e. The number of ether oxygens (including phenoxy) is 5. The summed E-state index contributed by atoms with van der Waals surface area (Å²) in [6.45, 7) is 12.2. The predicted octanol–water partition coefficient (Wildman–Crippen LogP) is 5.06. The van der Waals surface area contributed by atoms with Gasteiger partial charge in [0.2, 0.25) is 17.7 Å². The Morgan fingerprint density at radius 2 is 1.51 bits per heavy atom. The van der Waals surface area contributed by atoms with Gasteiger partial charge in [0.05, 0.1) is 74.5 Å². The van der Waals surface area contributed by atoms with Crippen molar-refractivity contribution in [2.24, 2.45) is 5.41 Å². The van der Waals surface area contributed by atoms with E-state index in [1.807, 2.05) is 112 Å². The van der Waals surface area contributed by atoms with E-state index >= 15 is 0 Å². The molecule has 4 amide bonds. The Hall–Kier alpha value is -5.73. The van der Waals surface area contributed by atoms with Crippen molar-refractivity contribution in [3.63, 3.8) is 0 Å². The highest BCUT2D eigenvalue weighted by atomic mass is 32.1. The lowest BCUT2D eigenvalue weighted by atomic mass is 9.85. The van der Waals surface area contributed by atoms with Crippen molar-refractivity contribution in [1.29, 1.82) is 0 Å². The number of fused-ring (bicyclic) bond motifs is 1. The summed E-state index contributed by atoms with van der Waals surface area (Å²) in [4.78, 5) is 59.2. The van der Waals surface area contributed by atoms with Crippen LogP contribution in [0.3, 0.4) is 0 Å². The second kappa shape index (κ2) is 24.3. The van der Waals surface area contributed by atoms with E-state index in [0.29, 0.717) is 51.7 Å². The van der Waals surface area contributed by atoms with Crippen molar-refractivity contribution >= 4 is 45.9 Å². The Morgan fingerprint density at radius 3 is 2.13 bits per heavy atom. The average Bonchev–Trinajstić information content (AvgIpc) is 4.05. The number of aryl methyl sites for hydroxylation is 1. The number of hydrogen-bond acceptors (Lipinski definition) is 13. The van der Waals surface area contributed by atoms with E-state index in [9.17, 15) is 24.3 Å². The van der Waals surface area contributed by atoms with Crippen LogP contribution in [0.5, 0.6) is 5.75 Å². The molecule has 1 saturated heterocycles. The summed E-state index contributed by atoms with van der Waals surface area (Å²) in [7, 11) is 0. The second-order valence-electron chi connectivity index (χ2n) is 17.4. The number of thiazole rings is 1. The third-order valence-corrected chi connectivity index (χ3v) is 12.3. The summed E-state index contributed by atoms with van der Waals surface area (Å²) in [5, 5.41) is 26.4. The van der Waals surface area contributed by atoms with E-state index < -0.39 is 41.3 Å². The smallest absolute Gasteiger partial charge is 0.274 e. The van der Waals surface area contributed by atoms with Crippen molar-refractivity contribution in [2.45, 2.75) is 71.8 Å². The number of aliphatic hydroxyl groups excluding tert-OH is 1. The summed E-state index contributed by atoms with van der Waals surface area (Å²) in [6.07, 6.45) is 1.16. The molecule has 0 unspecified atom stereocenters. The number of benzene rings is 3. The molecule has 1 fully saturated rings. The molecule has 67 heavy (non-hydrogen) atoms. The van der Waals surface area contributed by atoms with Crippen LogP contribution >= 0.6 is 11.3 Å². The number of hydrogen-bond donors (Lipinski definition) is 5. The maximum Gasteiger partial charge on any atom is 0.274 e. The summed E-state index contributed by atoms with van der Waals surface area (Å²) in [5.41, 5.74) is 7.99. The lowest BCUT2D eigenvalue weighted by Gasteiger charge is -2.35. The molecule has 5 N–H and O–H groups in total. The zero-order valence-corrected chi connectivity index (χ0v) is 39.5. The molecule has 3 aromatic carbocycles. The summed E-state index contributed by atoms with van der Waals surface area (Å²) in [5.74, 6) is -1.15. The Labute approximate surface area is 394 Å². The van der Waals surface area contributed by atoms with Crippen LogP contribution in [-0.2, 0) is 39.9 Å². The van der Waals surface area contributed by atoms with Gasteiger partial charge in [-0.15, -0.1) is 11.3 Å². The molecule has 0 aliphatic carbocycles. The quantitative estimate of drug-likeness (QED) is 0.0313. The van der Waals surface area contributed by atoms with Gasteiger partial charge in [-0.25, -0.2) is 10.5 Å². The molecule has 1 aliphatic rings. The number of amides is 4. The van der Waals surface area contributed by atoms with Crippen LogP contribution in [0, 0.1) is 12.3 Å². The van der Waals surface area contributed by atoms with Gasteiger partial charge in [0.15, 0.2) is 0 Å². The van der Waals surface area contributed by atoms with Crippen LogP contribution < -0.4 is 20.9 Å². The van der Waals surface area contributed by atoms with E-state index in [1.54, 1.807) is 28.9 Å². The number of likely N-dealkylation sites (tertiary alicyclic amines) is 1. The number of carbonyl (C=O) groups excluding carboxylic acids is 4. The number of nitrogens with zero attached hydrogens (tertiary/aromatic N) is 3. The van der Waals surface area contributed by atoms with Crippen molar-refractivity contribution in [2.75, 3.05) is 66.0 Å². The lowest BCUT2D eigenvalue weighted by Crippen LogP contribution is -2.58. The highest BCUT2D eigenvalue weighted by Crippen LogP contribution is 2.30. The molecule has 0 saturated carbocycles. The van der Waals surface area contributed by atoms with E-state index in [0.717, 1.165) is 43.9 Å². The molecular formula is C49H62N6O11S. The van der Waals surface area contributed by atoms with Gasteiger partial charge in [-0.1, -0.05) is 63.2 Å². The van der Waals surface area contributed by atoms with Crippen LogP contribution in [0.1, 0.15) is 67.3 Å². The van der Waals surface area contributed by atoms with E-state index in [1.165, 1.54) is 4.90 Å². The molecule has 0 radical (unpaired) electrons. The maximum atomic E-state index is 14.0. The Kier molecular flexibility index (Phi) is 18.4. The summed E-state index contributed by atoms with van der Waals surface area (Å²) < 4.78 is 30.1. The van der Waals surface area contributed by atoms with Gasteiger partial charge in [0.25, 0.3) is 5.91 Å². The van der Waals surface area contributed by atoms with Gasteiger partial charge in [-0.2, -0.15) is 0 Å². The molecule has 6 rings (SSSR count). The van der Waals surface area contributed by atoms with Crippen molar-refractivity contribution < 1.29 is 53.2 Å². The molecule has 2 aromatic heterocycles. The SMILES string of the molecule is Cc1ncsc1-c1ccc([C@H](C)NC(=O)[C@@H]2C[C@@H](O)CN2C(=O)[C@@H](NC(=O)COCCOCCOCCOCCOc2ccc(Cn3ccc4ccc(C(=O)NO)cc43)cc2)C(C)(C)C)cc1. The summed E-state index contributed by atoms with van der Waals surface area (Å²) >= 11 is 1.57. The van der Waals surface area contributed by atoms with Gasteiger partial charge >= 0.3 is 0 Å². The first-order chi connectivity index (χ1) is 32.2. The van der Waals surface area contributed by atoms with Crippen LogP contribution in [0.25, 0.3) is 21.3 Å². The Bertz CT molecular complexity index is 2400. The molecule has 5 aromatic rings. The molecule has 0 spiro atoms. The second-order valence-corrected chi connectivity index (χ2v) is 18.3. The lowest BCUT2D eigenvalue weighted by molar-refractivity contribution is -0.144. The molecule has 17 nitrogen and oxygen atoms in total. The third-order valence-electron chi connectivity index (χ3n) is 11.3. The maximum absolute atomic E-state index is 14.0. The average molecular weight is 943 g/mol. The van der Waals surface area contributed by atoms with Crippen LogP contribution in [-0.4, -0.2) is 133 Å². The minimum Gasteiger partial charge on any atom is -0.491 e. The predicted molar refractivity (Wildman–Crippen MR) is 252 cm³/mol. The number of aromatic nitrogens is 2. The number of aliphatic hydroxyl groups is 1. The fraction of sp³-hybridized carbons (Fsp3) is 0.449. The van der Waals surface area contributed by atoms with Gasteiger partial charge in [0, 0.05) is 36.8 Å². The molecule has 360 valence electrons. The first-order valence-electron chi connectivity index (χ1n) is 22.4. The Balaban J connectivity index is 0.807. The standard InChI is InChI=1S/C49H62N6O11S/c1-32(35-8-11-37(12-9-35)44-33(2)50-31-67-44)51-47(59)42-27-39(56)29-55(42)48(60)45(49(3,4)5)52-43(57)30-65-23-22-63-19-18-62-20-21-64-24-25-66-40-14-6-34(7-15-40)28-54-17-16-36-10-13-38(26-41(36)54)46(58)53-61/h6-17,26,31-32,39,42,45,56,61H,18-25,27-30H2,1-5H3,(H,51,59)(H,52,57)(H,53,58)/t32-,39+,42-,45+/m0/s1. The molecule has 0 bridgehead atoms. The minimum atomic E-state index is -0.973. The molecule has 1 aliphatic heterocycles. The van der Waals surface area contributed by atoms with E-state index in [2.05, 4.69) is 15.6 Å². The first-order valence-corrected chi connectivity index (χ1v) is 23.2. The fourth-order valence-electron chi connectivity index (χ4n) is 7.68. The van der Waals surface area contributed by atoms with Crippen LogP contribution in [0.2, 0.25) is 0 Å². The highest BCUT2D eigenvalue weighted by Gasteiger charge is 2.44. The number of carbonyl (C=O) groups is 4. The van der Waals surface area contributed by atoms with Gasteiger partial charge in [-0.3, -0.25) is 24.4 Å². The van der Waals surface area contributed by atoms with Crippen LogP contribution in [0.4, 0.5) is 0 Å². The Morgan fingerprint density at radius 1 is 0.851 bits per heavy atom. The molecule has 3 heterocycles. The van der Waals surface area contributed by atoms with Crippen molar-refractivity contribution in [1.82, 2.24) is 30.6 Å². The van der Waals surface area contributed by atoms with Crippen molar-refractivity contribution in [3.05, 3.63) is 107 Å². The zero-order chi connectivity index (χ0) is 47.9. The molecule has 18 heteroatoms. The molecular weight excluding hydrogens is 881 g/mol. The van der Waals surface area contributed by atoms with Crippen LogP contribution in [0.15, 0.2) is 84.5 Å². The minimum absolute atomic E-state index is 0.0242. The number of nitrogens with one attached hydrogen (secondary N) is 3. The number of β-amino-alcohol motifs (C(OH)–C–C–N with tert-alkyl or cyclic N) is 1. The first kappa shape index (κ1) is 50.7. The normalized spacial score (nSPS) is 15.9. The van der Waals surface area contributed by atoms with E-state index in [-0.39, 0.29) is 44.7 Å². The van der Waals surface area contributed by atoms with Gasteiger partial charge < -0.3 is 48.9 Å². The topological polar surface area (TPSA) is 212 Å². The zero-order valence-electron chi connectivity index (χ0n) is 38.7. The molecule has 4 atom stereocenters. The van der Waals surface area contributed by atoms with E-state index in [4.69, 9.17) is 28.9 Å². The van der Waals surface area contributed by atoms with Crippen molar-refractivity contribution in [3.8, 4) is 16.2 Å². The third kappa shape index (κ3) is 14.4. The highest BCUT2D eigenvalue weighted by molar-refractivity contribution is 7.13.